The van der Waals surface area contributed by atoms with Gasteiger partial charge in [-0.15, -0.1) is 0 Å². The van der Waals surface area contributed by atoms with E-state index in [2.05, 4.69) is 20.2 Å². The summed E-state index contributed by atoms with van der Waals surface area (Å²) < 4.78 is 14.5. The molecule has 30 heavy (non-hydrogen) atoms. The number of amides is 1. The molecule has 2 aliphatic rings. The highest BCUT2D eigenvalue weighted by Gasteiger charge is 2.32. The maximum Gasteiger partial charge on any atom is 0.269 e. The summed E-state index contributed by atoms with van der Waals surface area (Å²) in [5.41, 5.74) is 2.32. The predicted molar refractivity (Wildman–Crippen MR) is 114 cm³/mol. The molecule has 8 heteroatoms. The summed E-state index contributed by atoms with van der Waals surface area (Å²) in [5.74, 6) is -0.606. The second-order valence-corrected chi connectivity index (χ2v) is 8.20. The van der Waals surface area contributed by atoms with Crippen molar-refractivity contribution in [2.24, 2.45) is 0 Å². The second kappa shape index (κ2) is 8.55. The topological polar surface area (TPSA) is 81.3 Å². The van der Waals surface area contributed by atoms with Gasteiger partial charge in [0.05, 0.1) is 5.69 Å². The summed E-state index contributed by atoms with van der Waals surface area (Å²) >= 11 is 0. The zero-order chi connectivity index (χ0) is 21.3. The molecule has 2 fully saturated rings. The Kier molecular flexibility index (Phi) is 5.85. The van der Waals surface area contributed by atoms with Crippen molar-refractivity contribution >= 4 is 11.6 Å². The van der Waals surface area contributed by atoms with Crippen LogP contribution in [0.4, 0.5) is 10.1 Å². The first-order valence-electron chi connectivity index (χ1n) is 10.5. The van der Waals surface area contributed by atoms with Crippen molar-refractivity contribution in [3.8, 4) is 0 Å². The fourth-order valence-electron chi connectivity index (χ4n) is 4.62. The molecule has 0 spiro atoms. The number of hydrogen-bond acceptors (Lipinski definition) is 5. The molecule has 1 aliphatic heterocycles. The maximum absolute atomic E-state index is 14.5. The van der Waals surface area contributed by atoms with Crippen LogP contribution in [0.2, 0.25) is 0 Å². The highest BCUT2D eigenvalue weighted by Crippen LogP contribution is 2.36. The molecule has 3 heterocycles. The van der Waals surface area contributed by atoms with Gasteiger partial charge in [-0.3, -0.25) is 14.5 Å². The van der Waals surface area contributed by atoms with Gasteiger partial charge in [-0.1, -0.05) is 6.07 Å². The van der Waals surface area contributed by atoms with Crippen molar-refractivity contribution in [3.05, 3.63) is 57.5 Å². The molecule has 2 aromatic rings. The molecule has 0 bridgehead atoms. The Morgan fingerprint density at radius 3 is 2.60 bits per heavy atom. The van der Waals surface area contributed by atoms with E-state index in [-0.39, 0.29) is 11.3 Å². The average Bonchev–Trinajstić information content (AvgIpc) is 3.25. The minimum absolute atomic E-state index is 0.00244. The van der Waals surface area contributed by atoms with Gasteiger partial charge in [-0.2, -0.15) is 4.39 Å². The molecule has 1 saturated heterocycles. The summed E-state index contributed by atoms with van der Waals surface area (Å²) in [4.78, 5) is 34.9. The molecular weight excluding hydrogens is 385 g/mol. The van der Waals surface area contributed by atoms with E-state index in [1.807, 2.05) is 24.0 Å². The van der Waals surface area contributed by atoms with Crippen molar-refractivity contribution in [2.45, 2.75) is 38.1 Å². The molecule has 160 valence electrons. The Bertz CT molecular complexity index is 984. The Balaban J connectivity index is 1.35. The maximum atomic E-state index is 14.5. The van der Waals surface area contributed by atoms with Gasteiger partial charge in [-0.25, -0.2) is 4.98 Å². The minimum atomic E-state index is -0.603. The number of carbonyl (C=O) groups is 1. The largest absolute Gasteiger partial charge is 0.365 e. The third-order valence-electron chi connectivity index (χ3n) is 6.43. The van der Waals surface area contributed by atoms with E-state index in [4.69, 9.17) is 0 Å². The van der Waals surface area contributed by atoms with Crippen molar-refractivity contribution in [1.82, 2.24) is 20.2 Å². The summed E-state index contributed by atoms with van der Waals surface area (Å²) in [7, 11) is 1.50. The Labute approximate surface area is 175 Å². The Morgan fingerprint density at radius 1 is 1.17 bits per heavy atom. The number of aromatic amines is 1. The van der Waals surface area contributed by atoms with E-state index in [1.54, 1.807) is 12.1 Å². The van der Waals surface area contributed by atoms with Crippen LogP contribution in [0.3, 0.4) is 0 Å². The first-order valence-corrected chi connectivity index (χ1v) is 10.5. The minimum Gasteiger partial charge on any atom is -0.365 e. The molecule has 2 aromatic heterocycles. The van der Waals surface area contributed by atoms with Crippen LogP contribution in [-0.2, 0) is 0 Å². The lowest BCUT2D eigenvalue weighted by molar-refractivity contribution is 0.0957. The number of piperazine rings is 1. The molecule has 0 radical (unpaired) electrons. The van der Waals surface area contributed by atoms with E-state index < -0.39 is 11.9 Å². The summed E-state index contributed by atoms with van der Waals surface area (Å²) in [6.45, 7) is 4.99. The van der Waals surface area contributed by atoms with Gasteiger partial charge in [0.1, 0.15) is 5.69 Å². The Morgan fingerprint density at radius 2 is 1.93 bits per heavy atom. The van der Waals surface area contributed by atoms with E-state index in [0.717, 1.165) is 56.7 Å². The highest BCUT2D eigenvalue weighted by atomic mass is 19.1. The predicted octanol–water partition coefficient (Wildman–Crippen LogP) is 2.04. The van der Waals surface area contributed by atoms with Crippen LogP contribution in [0, 0.1) is 12.9 Å². The van der Waals surface area contributed by atoms with Gasteiger partial charge < -0.3 is 15.2 Å². The molecular formula is C22H28FN5O2. The van der Waals surface area contributed by atoms with Gasteiger partial charge >= 0.3 is 0 Å². The van der Waals surface area contributed by atoms with Crippen molar-refractivity contribution in [1.29, 1.82) is 0 Å². The van der Waals surface area contributed by atoms with E-state index in [0.29, 0.717) is 17.6 Å². The molecule has 1 aliphatic carbocycles. The number of anilines is 1. The van der Waals surface area contributed by atoms with Crippen LogP contribution in [0.1, 0.15) is 46.9 Å². The standard InChI is InChI=1S/C22H28FN5O2/c1-14-3-6-17(26-21(14)29)15-4-5-16(13-15)27-9-11-28(12-10-27)19-8-7-18(22(30)24-2)25-20(19)23/h3,6-8,15-16H,4-5,9-13H2,1-2H3,(H,24,30)(H,26,29)/t15-,16+/m1/s1. The summed E-state index contributed by atoms with van der Waals surface area (Å²) in [6, 6.07) is 7.63. The quantitative estimate of drug-likeness (QED) is 0.750. The number of nitrogens with zero attached hydrogens (tertiary/aromatic N) is 3. The summed E-state index contributed by atoms with van der Waals surface area (Å²) in [6.07, 6.45) is 3.22. The number of H-pyrrole nitrogens is 1. The van der Waals surface area contributed by atoms with Gasteiger partial charge in [-0.05, 0) is 44.4 Å². The van der Waals surface area contributed by atoms with E-state index >= 15 is 0 Å². The fourth-order valence-corrected chi connectivity index (χ4v) is 4.62. The van der Waals surface area contributed by atoms with Gasteiger partial charge in [0.15, 0.2) is 0 Å². The fraction of sp³-hybridized carbons (Fsp3) is 0.500. The summed E-state index contributed by atoms with van der Waals surface area (Å²) in [5, 5.41) is 2.46. The van der Waals surface area contributed by atoms with Gasteiger partial charge in [0, 0.05) is 56.4 Å². The lowest BCUT2D eigenvalue weighted by Crippen LogP contribution is -2.50. The molecule has 1 amide bonds. The van der Waals surface area contributed by atoms with E-state index in [1.165, 1.54) is 7.05 Å². The lowest BCUT2D eigenvalue weighted by Gasteiger charge is -2.39. The SMILES string of the molecule is CNC(=O)c1ccc(N2CCN([C@H]3CC[C@@H](c4ccc(C)c(=O)[nH]4)C3)CC2)c(F)n1. The second-order valence-electron chi connectivity index (χ2n) is 8.20. The molecule has 0 aromatic carbocycles. The molecule has 4 rings (SSSR count). The molecule has 1 saturated carbocycles. The lowest BCUT2D eigenvalue weighted by atomic mass is 10.0. The number of aryl methyl sites for hydroxylation is 1. The number of aromatic nitrogens is 2. The normalized spacial score (nSPS) is 22.3. The molecule has 2 N–H and O–H groups in total. The van der Waals surface area contributed by atoms with E-state index in [9.17, 15) is 14.0 Å². The Hall–Kier alpha value is -2.74. The van der Waals surface area contributed by atoms with Crippen LogP contribution >= 0.6 is 0 Å². The number of nitrogens with one attached hydrogen (secondary N) is 2. The first-order chi connectivity index (χ1) is 14.5. The zero-order valence-electron chi connectivity index (χ0n) is 17.4. The number of rotatable bonds is 4. The molecule has 0 unspecified atom stereocenters. The van der Waals surface area contributed by atoms with Crippen molar-refractivity contribution < 1.29 is 9.18 Å². The number of carbonyl (C=O) groups excluding carboxylic acids is 1. The highest BCUT2D eigenvalue weighted by molar-refractivity contribution is 5.92. The smallest absolute Gasteiger partial charge is 0.269 e. The van der Waals surface area contributed by atoms with Gasteiger partial charge in [0.2, 0.25) is 5.95 Å². The number of pyridine rings is 2. The third kappa shape index (κ3) is 4.09. The van der Waals surface area contributed by atoms with Crippen LogP contribution < -0.4 is 15.8 Å². The van der Waals surface area contributed by atoms with Gasteiger partial charge in [0.25, 0.3) is 11.5 Å². The van der Waals surface area contributed by atoms with Crippen LogP contribution in [0.5, 0.6) is 0 Å². The van der Waals surface area contributed by atoms with Crippen LogP contribution in [0.15, 0.2) is 29.1 Å². The van der Waals surface area contributed by atoms with Crippen LogP contribution in [0.25, 0.3) is 0 Å². The van der Waals surface area contributed by atoms with Crippen molar-refractivity contribution in [2.75, 3.05) is 38.1 Å². The van der Waals surface area contributed by atoms with Crippen molar-refractivity contribution in [3.63, 3.8) is 0 Å². The number of hydrogen-bond donors (Lipinski definition) is 2. The first kappa shape index (κ1) is 20.5. The average molecular weight is 413 g/mol. The zero-order valence-corrected chi connectivity index (χ0v) is 17.4. The molecule has 2 atom stereocenters. The van der Waals surface area contributed by atoms with Crippen LogP contribution in [-0.4, -0.2) is 60.0 Å². The third-order valence-corrected chi connectivity index (χ3v) is 6.43. The monoisotopic (exact) mass is 413 g/mol. The number of halogens is 1. The molecule has 7 nitrogen and oxygen atoms in total.